The quantitative estimate of drug-likeness (QED) is 0.230. The minimum atomic E-state index is -2.88. The number of methoxy groups -OCH3 is 2. The molecule has 1 aliphatic rings. The Morgan fingerprint density at radius 2 is 1.12 bits per heavy atom. The van der Waals surface area contributed by atoms with E-state index in [1.54, 1.807) is 14.2 Å². The van der Waals surface area contributed by atoms with E-state index in [-0.39, 0.29) is 23.2 Å². The summed E-state index contributed by atoms with van der Waals surface area (Å²) >= 11 is 0. The predicted molar refractivity (Wildman–Crippen MR) is 166 cm³/mol. The van der Waals surface area contributed by atoms with Crippen LogP contribution in [0, 0.1) is 0 Å². The highest BCUT2D eigenvalue weighted by atomic mass is 28.4. The van der Waals surface area contributed by atoms with Gasteiger partial charge in [0, 0.05) is 6.04 Å². The number of hydrogen-bond donors (Lipinski definition) is 0. The first-order valence-electron chi connectivity index (χ1n) is 14.0. The van der Waals surface area contributed by atoms with Gasteiger partial charge in [0.25, 0.3) is 8.32 Å². The summed E-state index contributed by atoms with van der Waals surface area (Å²) < 4.78 is 19.5. The van der Waals surface area contributed by atoms with Crippen LogP contribution in [0.15, 0.2) is 103 Å². The van der Waals surface area contributed by atoms with E-state index in [4.69, 9.17) is 13.9 Å². The maximum Gasteiger partial charge on any atom is 0.261 e. The first kappa shape index (κ1) is 28.2. The molecular formula is C35H41NO3Si. The average molecular weight is 552 g/mol. The van der Waals surface area contributed by atoms with Crippen molar-refractivity contribution in [1.82, 2.24) is 4.90 Å². The lowest BCUT2D eigenvalue weighted by atomic mass is 9.83. The van der Waals surface area contributed by atoms with Crippen LogP contribution in [0.4, 0.5) is 0 Å². The molecule has 0 N–H and O–H groups in total. The molecule has 0 aliphatic carbocycles. The molecule has 5 rings (SSSR count). The van der Waals surface area contributed by atoms with E-state index in [1.807, 2.05) is 0 Å². The molecule has 0 radical (unpaired) electrons. The van der Waals surface area contributed by atoms with E-state index < -0.39 is 8.32 Å². The third-order valence-electron chi connectivity index (χ3n) is 8.54. The summed E-state index contributed by atoms with van der Waals surface area (Å²) in [5.74, 6) is 1.46. The zero-order valence-corrected chi connectivity index (χ0v) is 25.7. The molecule has 4 nitrogen and oxygen atoms in total. The summed E-state index contributed by atoms with van der Waals surface area (Å²) in [5.41, 5.74) is 3.60. The van der Waals surface area contributed by atoms with Gasteiger partial charge in [0.1, 0.15) is 0 Å². The van der Waals surface area contributed by atoms with Gasteiger partial charge >= 0.3 is 0 Å². The first-order valence-corrected chi connectivity index (χ1v) is 15.9. The van der Waals surface area contributed by atoms with Gasteiger partial charge in [-0.25, -0.2) is 0 Å². The van der Waals surface area contributed by atoms with E-state index in [0.717, 1.165) is 17.1 Å². The zero-order valence-electron chi connectivity index (χ0n) is 24.7. The van der Waals surface area contributed by atoms with Gasteiger partial charge in [0.05, 0.1) is 26.4 Å². The summed E-state index contributed by atoms with van der Waals surface area (Å²) in [5, 5.41) is 2.38. The van der Waals surface area contributed by atoms with Crippen molar-refractivity contribution in [3.63, 3.8) is 0 Å². The van der Waals surface area contributed by atoms with Crippen LogP contribution in [0.2, 0.25) is 5.04 Å². The molecule has 4 aromatic carbocycles. The summed E-state index contributed by atoms with van der Waals surface area (Å²) in [6, 6.07) is 37.0. The Morgan fingerprint density at radius 3 is 1.57 bits per heavy atom. The van der Waals surface area contributed by atoms with Crippen LogP contribution in [-0.2, 0) is 4.43 Å². The summed E-state index contributed by atoms with van der Waals surface area (Å²) in [6.45, 7) is 9.27. The van der Waals surface area contributed by atoms with Crippen LogP contribution in [0.1, 0.15) is 62.6 Å². The van der Waals surface area contributed by atoms with Crippen molar-refractivity contribution in [3.8, 4) is 11.5 Å². The molecule has 3 atom stereocenters. The van der Waals surface area contributed by atoms with Crippen LogP contribution < -0.4 is 19.8 Å². The van der Waals surface area contributed by atoms with Crippen LogP contribution in [0.5, 0.6) is 11.5 Å². The summed E-state index contributed by atoms with van der Waals surface area (Å²) in [6.07, 6.45) is -0.246. The Hall–Kier alpha value is -3.38. The molecule has 0 fully saturated rings. The van der Waals surface area contributed by atoms with Crippen molar-refractivity contribution in [2.24, 2.45) is 0 Å². The molecule has 0 spiro atoms. The van der Waals surface area contributed by atoms with Crippen molar-refractivity contribution in [3.05, 3.63) is 120 Å². The third-order valence-corrected chi connectivity index (χ3v) is 13.6. The van der Waals surface area contributed by atoms with Crippen molar-refractivity contribution >= 4 is 18.7 Å². The summed E-state index contributed by atoms with van der Waals surface area (Å²) in [7, 11) is 2.73. The maximum atomic E-state index is 7.90. The maximum absolute atomic E-state index is 7.90. The molecule has 1 aliphatic heterocycles. The van der Waals surface area contributed by atoms with E-state index in [0.29, 0.717) is 0 Å². The monoisotopic (exact) mass is 551 g/mol. The minimum Gasteiger partial charge on any atom is -0.493 e. The van der Waals surface area contributed by atoms with Crippen molar-refractivity contribution < 1.29 is 13.9 Å². The number of rotatable bonds is 7. The molecule has 40 heavy (non-hydrogen) atoms. The van der Waals surface area contributed by atoms with E-state index in [1.165, 1.54) is 21.5 Å². The minimum absolute atomic E-state index is 0.00319. The Kier molecular flexibility index (Phi) is 7.91. The number of fused-ring (bicyclic) bond motifs is 1. The Morgan fingerprint density at radius 1 is 0.675 bits per heavy atom. The third kappa shape index (κ3) is 4.76. The van der Waals surface area contributed by atoms with Gasteiger partial charge in [-0.15, -0.1) is 0 Å². The normalized spacial score (nSPS) is 19.6. The molecule has 0 amide bonds. The molecular weight excluding hydrogens is 510 g/mol. The fourth-order valence-electron chi connectivity index (χ4n) is 6.43. The number of nitrogens with zero attached hydrogens (tertiary/aromatic N) is 1. The number of hydrogen-bond acceptors (Lipinski definition) is 4. The Bertz CT molecular complexity index is 1380. The van der Waals surface area contributed by atoms with Gasteiger partial charge in [0.15, 0.2) is 11.5 Å². The Labute approximate surface area is 240 Å². The lowest BCUT2D eigenvalue weighted by Crippen LogP contribution is -2.67. The second-order valence-electron chi connectivity index (χ2n) is 11.7. The SMILES string of the molecule is COc1cc2c(cc1OC)[C@H](C)N(C)[C@@H](c1ccccc1)[C@@H]2O[Si](c1ccccc1)(c1ccccc1)C(C)(C)C. The molecule has 0 saturated heterocycles. The molecule has 5 heteroatoms. The van der Waals surface area contributed by atoms with Crippen molar-refractivity contribution in [2.75, 3.05) is 21.3 Å². The summed E-state index contributed by atoms with van der Waals surface area (Å²) in [4.78, 5) is 2.45. The Balaban J connectivity index is 1.82. The van der Waals surface area contributed by atoms with Crippen molar-refractivity contribution in [1.29, 1.82) is 0 Å². The first-order chi connectivity index (χ1) is 19.2. The smallest absolute Gasteiger partial charge is 0.261 e. The van der Waals surface area contributed by atoms with Gasteiger partial charge in [-0.3, -0.25) is 4.90 Å². The molecule has 0 bridgehead atoms. The number of benzene rings is 4. The van der Waals surface area contributed by atoms with Gasteiger partial charge < -0.3 is 13.9 Å². The predicted octanol–water partition coefficient (Wildman–Crippen LogP) is 7.07. The van der Waals surface area contributed by atoms with Gasteiger partial charge in [0.2, 0.25) is 0 Å². The van der Waals surface area contributed by atoms with E-state index >= 15 is 0 Å². The van der Waals surface area contributed by atoms with Gasteiger partial charge in [-0.1, -0.05) is 112 Å². The topological polar surface area (TPSA) is 30.9 Å². The highest BCUT2D eigenvalue weighted by Gasteiger charge is 2.54. The number of likely N-dealkylation sites (N-methyl/N-ethyl adjacent to an activating group) is 1. The number of ether oxygens (including phenoxy) is 2. The largest absolute Gasteiger partial charge is 0.493 e. The highest BCUT2D eigenvalue weighted by Crippen LogP contribution is 2.52. The molecule has 208 valence electrons. The van der Waals surface area contributed by atoms with E-state index in [2.05, 4.69) is 143 Å². The van der Waals surface area contributed by atoms with Crippen LogP contribution in [0.3, 0.4) is 0 Å². The molecule has 0 saturated carbocycles. The second-order valence-corrected chi connectivity index (χ2v) is 16.0. The molecule has 0 aromatic heterocycles. The van der Waals surface area contributed by atoms with Crippen LogP contribution >= 0.6 is 0 Å². The average Bonchev–Trinajstić information content (AvgIpc) is 2.98. The van der Waals surface area contributed by atoms with Crippen LogP contribution in [-0.4, -0.2) is 34.5 Å². The van der Waals surface area contributed by atoms with Crippen molar-refractivity contribution in [2.45, 2.75) is 50.9 Å². The zero-order chi connectivity index (χ0) is 28.5. The molecule has 0 unspecified atom stereocenters. The second kappa shape index (κ2) is 11.2. The fraction of sp³-hybridized carbons (Fsp3) is 0.314. The molecule has 4 aromatic rings. The van der Waals surface area contributed by atoms with Gasteiger partial charge in [-0.2, -0.15) is 0 Å². The standard InChI is InChI=1S/C35H41NO3Si/c1-25-29-23-31(37-6)32(38-7)24-30(29)34(33(36(25)5)26-17-11-8-12-18-26)39-40(35(2,3)4,27-19-13-9-14-20-27)28-21-15-10-16-22-28/h8-25,33-34H,1-7H3/t25-,33-,34+/m0/s1. The molecule has 1 heterocycles. The van der Waals surface area contributed by atoms with E-state index in [9.17, 15) is 0 Å². The van der Waals surface area contributed by atoms with Crippen LogP contribution in [0.25, 0.3) is 0 Å². The highest BCUT2D eigenvalue weighted by molar-refractivity contribution is 6.99. The lowest BCUT2D eigenvalue weighted by molar-refractivity contribution is 0.0336. The fourth-order valence-corrected chi connectivity index (χ4v) is 11.1. The van der Waals surface area contributed by atoms with Gasteiger partial charge in [-0.05, 0) is 58.2 Å². The lowest BCUT2D eigenvalue weighted by Gasteiger charge is -2.51.